The van der Waals surface area contributed by atoms with Crippen molar-refractivity contribution in [2.24, 2.45) is 0 Å². The highest BCUT2D eigenvalue weighted by Crippen LogP contribution is 2.33. The fourth-order valence-corrected chi connectivity index (χ4v) is 2.34. The van der Waals surface area contributed by atoms with E-state index < -0.39 is 0 Å². The summed E-state index contributed by atoms with van der Waals surface area (Å²) in [5, 5.41) is 5.10. The molecule has 0 saturated carbocycles. The molecule has 2 nitrogen and oxygen atoms in total. The molecule has 2 aromatic rings. The Kier molecular flexibility index (Phi) is 3.66. The molecule has 0 aliphatic rings. The average molecular weight is 300 g/mol. The maximum atomic E-state index is 6.12. The van der Waals surface area contributed by atoms with Gasteiger partial charge in [0.05, 0.1) is 10.5 Å². The molecule has 0 atom stereocenters. The topological polar surface area (TPSA) is 24.9 Å². The number of hydrogen-bond acceptors (Lipinski definition) is 2. The third kappa shape index (κ3) is 2.15. The molecule has 1 N–H and O–H groups in total. The Balaban J connectivity index is 2.61. The molecule has 0 fully saturated rings. The molecular formula is C12H12BrClN2. The van der Waals surface area contributed by atoms with Gasteiger partial charge in [0.1, 0.15) is 0 Å². The third-order valence-corrected chi connectivity index (χ3v) is 3.32. The summed E-state index contributed by atoms with van der Waals surface area (Å²) in [5.74, 6) is 0. The Hall–Kier alpha value is -0.800. The SMILES string of the molecule is CCCNc1ccnc2c(Cl)ccc(Br)c12. The zero-order chi connectivity index (χ0) is 11.5. The van der Waals surface area contributed by atoms with Crippen LogP contribution in [0.25, 0.3) is 10.9 Å². The van der Waals surface area contributed by atoms with Gasteiger partial charge < -0.3 is 5.32 Å². The molecule has 1 aromatic carbocycles. The Morgan fingerprint density at radius 2 is 2.19 bits per heavy atom. The zero-order valence-electron chi connectivity index (χ0n) is 8.93. The number of pyridine rings is 1. The second-order valence-corrected chi connectivity index (χ2v) is 4.80. The molecule has 0 aliphatic heterocycles. The minimum absolute atomic E-state index is 0.679. The van der Waals surface area contributed by atoms with E-state index in [0.29, 0.717) is 5.02 Å². The van der Waals surface area contributed by atoms with Gasteiger partial charge in [0.25, 0.3) is 0 Å². The number of hydrogen-bond donors (Lipinski definition) is 1. The first-order chi connectivity index (χ1) is 7.74. The molecule has 0 amide bonds. The molecule has 84 valence electrons. The lowest BCUT2D eigenvalue weighted by Gasteiger charge is -2.10. The van der Waals surface area contributed by atoms with Crippen LogP contribution in [0, 0.1) is 0 Å². The first-order valence-corrected chi connectivity index (χ1v) is 6.37. The normalized spacial score (nSPS) is 10.7. The van der Waals surface area contributed by atoms with E-state index in [1.54, 1.807) is 6.20 Å². The Morgan fingerprint density at radius 1 is 1.38 bits per heavy atom. The molecule has 0 bridgehead atoms. The number of anilines is 1. The first kappa shape index (κ1) is 11.7. The lowest BCUT2D eigenvalue weighted by molar-refractivity contribution is 0.981. The predicted octanol–water partition coefficient (Wildman–Crippen LogP) is 4.47. The molecular weight excluding hydrogens is 288 g/mol. The summed E-state index contributed by atoms with van der Waals surface area (Å²) in [7, 11) is 0. The van der Waals surface area contributed by atoms with Gasteiger partial charge in [-0.3, -0.25) is 4.98 Å². The summed E-state index contributed by atoms with van der Waals surface area (Å²) in [4.78, 5) is 4.31. The Labute approximate surface area is 108 Å². The molecule has 16 heavy (non-hydrogen) atoms. The highest BCUT2D eigenvalue weighted by Gasteiger charge is 2.08. The summed E-state index contributed by atoms with van der Waals surface area (Å²) >= 11 is 9.66. The quantitative estimate of drug-likeness (QED) is 0.904. The highest BCUT2D eigenvalue weighted by atomic mass is 79.9. The van der Waals surface area contributed by atoms with Crippen LogP contribution in [0.15, 0.2) is 28.9 Å². The van der Waals surface area contributed by atoms with Crippen molar-refractivity contribution in [3.05, 3.63) is 33.9 Å². The van der Waals surface area contributed by atoms with Gasteiger partial charge in [-0.1, -0.05) is 34.5 Å². The number of aromatic nitrogens is 1. The van der Waals surface area contributed by atoms with Crippen molar-refractivity contribution in [2.45, 2.75) is 13.3 Å². The van der Waals surface area contributed by atoms with E-state index in [1.807, 2.05) is 18.2 Å². The Bertz CT molecular complexity index is 514. The number of benzene rings is 1. The van der Waals surface area contributed by atoms with Crippen LogP contribution in [0.1, 0.15) is 13.3 Å². The van der Waals surface area contributed by atoms with Gasteiger partial charge in [0, 0.05) is 28.3 Å². The number of nitrogens with zero attached hydrogens (tertiary/aromatic N) is 1. The predicted molar refractivity (Wildman–Crippen MR) is 73.2 cm³/mol. The van der Waals surface area contributed by atoms with Gasteiger partial charge in [-0.2, -0.15) is 0 Å². The largest absolute Gasteiger partial charge is 0.384 e. The summed E-state index contributed by atoms with van der Waals surface area (Å²) in [5.41, 5.74) is 1.90. The van der Waals surface area contributed by atoms with Crippen LogP contribution in [0.4, 0.5) is 5.69 Å². The third-order valence-electron chi connectivity index (χ3n) is 2.36. The van der Waals surface area contributed by atoms with Crippen LogP contribution < -0.4 is 5.32 Å². The minimum Gasteiger partial charge on any atom is -0.384 e. The van der Waals surface area contributed by atoms with E-state index in [9.17, 15) is 0 Å². The summed E-state index contributed by atoms with van der Waals surface area (Å²) in [6, 6.07) is 5.77. The van der Waals surface area contributed by atoms with E-state index in [-0.39, 0.29) is 0 Å². The van der Waals surface area contributed by atoms with Gasteiger partial charge in [-0.25, -0.2) is 0 Å². The summed E-state index contributed by atoms with van der Waals surface area (Å²) in [6.45, 7) is 3.08. The van der Waals surface area contributed by atoms with E-state index in [2.05, 4.69) is 33.2 Å². The van der Waals surface area contributed by atoms with Crippen molar-refractivity contribution >= 4 is 44.1 Å². The molecule has 1 aromatic heterocycles. The highest BCUT2D eigenvalue weighted by molar-refractivity contribution is 9.10. The van der Waals surface area contributed by atoms with Gasteiger partial charge in [-0.15, -0.1) is 0 Å². The molecule has 4 heteroatoms. The van der Waals surface area contributed by atoms with Crippen LogP contribution >= 0.6 is 27.5 Å². The van der Waals surface area contributed by atoms with Gasteiger partial charge in [0.15, 0.2) is 0 Å². The number of rotatable bonds is 3. The number of halogens is 2. The maximum Gasteiger partial charge on any atom is 0.0920 e. The second kappa shape index (κ2) is 5.02. The van der Waals surface area contributed by atoms with Crippen molar-refractivity contribution in [1.29, 1.82) is 0 Å². The van der Waals surface area contributed by atoms with Crippen molar-refractivity contribution in [2.75, 3.05) is 11.9 Å². The molecule has 1 heterocycles. The Morgan fingerprint density at radius 3 is 2.94 bits per heavy atom. The maximum absolute atomic E-state index is 6.12. The molecule has 2 rings (SSSR count). The monoisotopic (exact) mass is 298 g/mol. The van der Waals surface area contributed by atoms with Crippen LogP contribution in [-0.2, 0) is 0 Å². The lowest BCUT2D eigenvalue weighted by Crippen LogP contribution is -2.01. The van der Waals surface area contributed by atoms with Gasteiger partial charge >= 0.3 is 0 Å². The number of fused-ring (bicyclic) bond motifs is 1. The van der Waals surface area contributed by atoms with Crippen molar-refractivity contribution in [3.63, 3.8) is 0 Å². The van der Waals surface area contributed by atoms with Crippen molar-refractivity contribution in [1.82, 2.24) is 4.98 Å². The van der Waals surface area contributed by atoms with E-state index >= 15 is 0 Å². The van der Waals surface area contributed by atoms with Gasteiger partial charge in [0.2, 0.25) is 0 Å². The van der Waals surface area contributed by atoms with Crippen molar-refractivity contribution in [3.8, 4) is 0 Å². The molecule has 0 saturated heterocycles. The smallest absolute Gasteiger partial charge is 0.0920 e. The van der Waals surface area contributed by atoms with E-state index in [1.165, 1.54) is 0 Å². The molecule has 0 unspecified atom stereocenters. The lowest BCUT2D eigenvalue weighted by atomic mass is 10.2. The molecule has 0 spiro atoms. The average Bonchev–Trinajstić information content (AvgIpc) is 2.31. The minimum atomic E-state index is 0.679. The fourth-order valence-electron chi connectivity index (χ4n) is 1.60. The van der Waals surface area contributed by atoms with E-state index in [4.69, 9.17) is 11.6 Å². The first-order valence-electron chi connectivity index (χ1n) is 5.20. The van der Waals surface area contributed by atoms with Crippen LogP contribution in [0.5, 0.6) is 0 Å². The standard InChI is InChI=1S/C12H12BrClN2/c1-2-6-15-10-5-7-16-12-9(14)4-3-8(13)11(10)12/h3-5,7H,2,6H2,1H3,(H,15,16). The van der Waals surface area contributed by atoms with Crippen LogP contribution in [0.2, 0.25) is 5.02 Å². The van der Waals surface area contributed by atoms with Crippen LogP contribution in [-0.4, -0.2) is 11.5 Å². The summed E-state index contributed by atoms with van der Waals surface area (Å²) in [6.07, 6.45) is 2.86. The zero-order valence-corrected chi connectivity index (χ0v) is 11.3. The molecule has 0 aliphatic carbocycles. The van der Waals surface area contributed by atoms with Gasteiger partial charge in [-0.05, 0) is 24.6 Å². The van der Waals surface area contributed by atoms with E-state index in [0.717, 1.165) is 34.0 Å². The van der Waals surface area contributed by atoms with Crippen LogP contribution in [0.3, 0.4) is 0 Å². The fraction of sp³-hybridized carbons (Fsp3) is 0.250. The second-order valence-electron chi connectivity index (χ2n) is 3.54. The number of nitrogens with one attached hydrogen (secondary N) is 1. The molecule has 0 radical (unpaired) electrons. The summed E-state index contributed by atoms with van der Waals surface area (Å²) < 4.78 is 1.01. The van der Waals surface area contributed by atoms with Crippen molar-refractivity contribution < 1.29 is 0 Å².